The van der Waals surface area contributed by atoms with Crippen LogP contribution in [0.25, 0.3) is 0 Å². The average Bonchev–Trinajstić information content (AvgIpc) is 2.21. The van der Waals surface area contributed by atoms with E-state index in [9.17, 15) is 0 Å². The summed E-state index contributed by atoms with van der Waals surface area (Å²) in [5, 5.41) is 0. The van der Waals surface area contributed by atoms with Crippen LogP contribution in [0.5, 0.6) is 0 Å². The van der Waals surface area contributed by atoms with Crippen molar-refractivity contribution in [1.82, 2.24) is 4.90 Å². The third-order valence-corrected chi connectivity index (χ3v) is 2.74. The molecule has 2 heteroatoms. The van der Waals surface area contributed by atoms with Crippen LogP contribution in [0.3, 0.4) is 0 Å². The Morgan fingerprint density at radius 3 is 2.47 bits per heavy atom. The Morgan fingerprint density at radius 2 is 1.93 bits per heavy atom. The highest BCUT2D eigenvalue weighted by Gasteiger charge is 2.01. The average molecular weight is 221 g/mol. The minimum Gasteiger partial charge on any atom is -0.298 e. The Kier molecular flexibility index (Phi) is 4.92. The number of thiol groups is 1. The molecule has 0 amide bonds. The van der Waals surface area contributed by atoms with E-state index < -0.39 is 0 Å². The van der Waals surface area contributed by atoms with Gasteiger partial charge in [0.1, 0.15) is 0 Å². The van der Waals surface area contributed by atoms with E-state index in [0.717, 1.165) is 24.4 Å². The number of benzene rings is 1. The van der Waals surface area contributed by atoms with E-state index in [2.05, 4.69) is 62.3 Å². The van der Waals surface area contributed by atoms with Crippen molar-refractivity contribution >= 4 is 12.6 Å². The van der Waals surface area contributed by atoms with Gasteiger partial charge in [0, 0.05) is 18.8 Å². The summed E-state index contributed by atoms with van der Waals surface area (Å²) in [5.74, 6) is 0.762. The Bertz CT molecular complexity index is 316. The van der Waals surface area contributed by atoms with Crippen LogP contribution in [-0.4, -0.2) is 24.2 Å². The third kappa shape index (κ3) is 4.54. The summed E-state index contributed by atoms with van der Waals surface area (Å²) >= 11 is 4.20. The topological polar surface area (TPSA) is 3.24 Å². The number of nitrogens with zero attached hydrogens (tertiary/aromatic N) is 1. The predicted octanol–water partition coefficient (Wildman–Crippen LogP) is 2.91. The zero-order chi connectivity index (χ0) is 11.3. The van der Waals surface area contributed by atoms with Crippen LogP contribution in [0.15, 0.2) is 36.4 Å². The molecule has 1 rings (SSSR count). The fourth-order valence-corrected chi connectivity index (χ4v) is 1.59. The maximum Gasteiger partial charge on any atom is 0.0234 e. The van der Waals surface area contributed by atoms with Crippen LogP contribution in [0, 0.1) is 6.92 Å². The SMILES string of the molecule is C=C(CS)CN(C)Cc1ccc(C)cc1. The second-order valence-corrected chi connectivity index (χ2v) is 4.38. The van der Waals surface area contributed by atoms with Crippen LogP contribution in [-0.2, 0) is 6.54 Å². The normalized spacial score (nSPS) is 10.7. The molecule has 0 N–H and O–H groups in total. The zero-order valence-electron chi connectivity index (χ0n) is 9.53. The Morgan fingerprint density at radius 1 is 1.33 bits per heavy atom. The van der Waals surface area contributed by atoms with Crippen LogP contribution >= 0.6 is 12.6 Å². The summed E-state index contributed by atoms with van der Waals surface area (Å²) in [7, 11) is 2.11. The second kappa shape index (κ2) is 5.99. The summed E-state index contributed by atoms with van der Waals surface area (Å²) in [5.41, 5.74) is 3.81. The van der Waals surface area contributed by atoms with Crippen molar-refractivity contribution in [3.05, 3.63) is 47.5 Å². The van der Waals surface area contributed by atoms with Crippen molar-refractivity contribution in [2.75, 3.05) is 19.3 Å². The molecule has 82 valence electrons. The molecule has 0 unspecified atom stereocenters. The Hall–Kier alpha value is -0.730. The van der Waals surface area contributed by atoms with E-state index in [1.807, 2.05) is 0 Å². The molecule has 0 aliphatic carbocycles. The first-order valence-corrected chi connectivity index (χ1v) is 5.76. The lowest BCUT2D eigenvalue weighted by Crippen LogP contribution is -2.20. The maximum absolute atomic E-state index is 4.20. The van der Waals surface area contributed by atoms with Crippen LogP contribution in [0.4, 0.5) is 0 Å². The van der Waals surface area contributed by atoms with E-state index in [4.69, 9.17) is 0 Å². The summed E-state index contributed by atoms with van der Waals surface area (Å²) in [6, 6.07) is 8.65. The Labute approximate surface area is 98.2 Å². The standard InChI is InChI=1S/C13H19NS/c1-11-4-6-13(7-5-11)9-14(3)8-12(2)10-15/h4-7,15H,2,8-10H2,1,3H3. The number of aryl methyl sites for hydroxylation is 1. The number of hydrogen-bond donors (Lipinski definition) is 1. The highest BCUT2D eigenvalue weighted by atomic mass is 32.1. The van der Waals surface area contributed by atoms with Gasteiger partial charge in [0.05, 0.1) is 0 Å². The molecule has 0 saturated carbocycles. The summed E-state index contributed by atoms with van der Waals surface area (Å²) in [6.45, 7) is 7.94. The van der Waals surface area contributed by atoms with Gasteiger partial charge in [-0.3, -0.25) is 4.90 Å². The van der Waals surface area contributed by atoms with E-state index in [0.29, 0.717) is 0 Å². The maximum atomic E-state index is 4.20. The van der Waals surface area contributed by atoms with Crippen molar-refractivity contribution in [2.45, 2.75) is 13.5 Å². The highest BCUT2D eigenvalue weighted by Crippen LogP contribution is 2.07. The summed E-state index contributed by atoms with van der Waals surface area (Å²) in [6.07, 6.45) is 0. The zero-order valence-corrected chi connectivity index (χ0v) is 10.4. The van der Waals surface area contributed by atoms with Crippen LogP contribution in [0.2, 0.25) is 0 Å². The smallest absolute Gasteiger partial charge is 0.0234 e. The molecule has 0 bridgehead atoms. The fourth-order valence-electron chi connectivity index (χ4n) is 1.49. The molecule has 0 aromatic heterocycles. The quantitative estimate of drug-likeness (QED) is 0.591. The number of hydrogen-bond acceptors (Lipinski definition) is 2. The summed E-state index contributed by atoms with van der Waals surface area (Å²) in [4.78, 5) is 2.25. The first-order chi connectivity index (χ1) is 7.11. The first kappa shape index (κ1) is 12.3. The first-order valence-electron chi connectivity index (χ1n) is 5.13. The minimum atomic E-state index is 0.762. The minimum absolute atomic E-state index is 0.762. The Balaban J connectivity index is 2.47. The molecule has 0 heterocycles. The fraction of sp³-hybridized carbons (Fsp3) is 0.385. The van der Waals surface area contributed by atoms with Gasteiger partial charge >= 0.3 is 0 Å². The van der Waals surface area contributed by atoms with Gasteiger partial charge in [0.15, 0.2) is 0 Å². The van der Waals surface area contributed by atoms with Gasteiger partial charge in [-0.2, -0.15) is 12.6 Å². The summed E-state index contributed by atoms with van der Waals surface area (Å²) < 4.78 is 0. The lowest BCUT2D eigenvalue weighted by atomic mass is 10.1. The largest absolute Gasteiger partial charge is 0.298 e. The molecular weight excluding hydrogens is 202 g/mol. The predicted molar refractivity (Wildman–Crippen MR) is 70.5 cm³/mol. The van der Waals surface area contributed by atoms with E-state index >= 15 is 0 Å². The van der Waals surface area contributed by atoms with Gasteiger partial charge in [-0.05, 0) is 19.5 Å². The van der Waals surface area contributed by atoms with E-state index in [1.165, 1.54) is 11.1 Å². The van der Waals surface area contributed by atoms with Crippen molar-refractivity contribution in [1.29, 1.82) is 0 Å². The second-order valence-electron chi connectivity index (χ2n) is 4.07. The third-order valence-electron chi connectivity index (χ3n) is 2.29. The van der Waals surface area contributed by atoms with Crippen molar-refractivity contribution < 1.29 is 0 Å². The van der Waals surface area contributed by atoms with Crippen molar-refractivity contribution in [3.63, 3.8) is 0 Å². The van der Waals surface area contributed by atoms with Crippen LogP contribution in [0.1, 0.15) is 11.1 Å². The molecule has 0 spiro atoms. The molecule has 1 aromatic carbocycles. The number of rotatable bonds is 5. The molecular formula is C13H19NS. The highest BCUT2D eigenvalue weighted by molar-refractivity contribution is 7.80. The molecule has 15 heavy (non-hydrogen) atoms. The molecule has 0 aliphatic heterocycles. The molecule has 1 aromatic rings. The molecule has 0 radical (unpaired) electrons. The van der Waals surface area contributed by atoms with Gasteiger partial charge in [0.25, 0.3) is 0 Å². The number of likely N-dealkylation sites (N-methyl/N-ethyl adjacent to an activating group) is 1. The molecule has 0 saturated heterocycles. The van der Waals surface area contributed by atoms with Gasteiger partial charge < -0.3 is 0 Å². The monoisotopic (exact) mass is 221 g/mol. The van der Waals surface area contributed by atoms with E-state index in [-0.39, 0.29) is 0 Å². The van der Waals surface area contributed by atoms with Crippen LogP contribution < -0.4 is 0 Å². The molecule has 0 aliphatic rings. The van der Waals surface area contributed by atoms with Gasteiger partial charge in [-0.25, -0.2) is 0 Å². The lowest BCUT2D eigenvalue weighted by Gasteiger charge is -2.17. The van der Waals surface area contributed by atoms with E-state index in [1.54, 1.807) is 0 Å². The van der Waals surface area contributed by atoms with Crippen molar-refractivity contribution in [2.24, 2.45) is 0 Å². The van der Waals surface area contributed by atoms with Gasteiger partial charge in [-0.1, -0.05) is 42.0 Å². The molecule has 1 nitrogen and oxygen atoms in total. The molecule has 0 fully saturated rings. The van der Waals surface area contributed by atoms with Gasteiger partial charge in [0.2, 0.25) is 0 Å². The molecule has 0 atom stereocenters. The lowest BCUT2D eigenvalue weighted by molar-refractivity contribution is 0.356. The van der Waals surface area contributed by atoms with Gasteiger partial charge in [-0.15, -0.1) is 0 Å². The van der Waals surface area contributed by atoms with Crippen molar-refractivity contribution in [3.8, 4) is 0 Å².